The lowest BCUT2D eigenvalue weighted by Crippen LogP contribution is -2.32. The van der Waals surface area contributed by atoms with Crippen LogP contribution in [0.15, 0.2) is 34.9 Å². The standard InChI is InChI=1S/C16H20BrN3/c1-2-9-20-10-7-14(18)16(20)12-5-6-13(17)11-4-3-8-19-15(11)12/h3-6,8,14,16H,2,7,9-10,18H2,1H3. The lowest BCUT2D eigenvalue weighted by atomic mass is 9.97. The fourth-order valence-electron chi connectivity index (χ4n) is 3.25. The predicted octanol–water partition coefficient (Wildman–Crippen LogP) is 3.48. The number of halogens is 1. The summed E-state index contributed by atoms with van der Waals surface area (Å²) in [5.74, 6) is 0. The van der Waals surface area contributed by atoms with Crippen molar-refractivity contribution < 1.29 is 0 Å². The molecule has 2 atom stereocenters. The highest BCUT2D eigenvalue weighted by Gasteiger charge is 2.33. The van der Waals surface area contributed by atoms with Gasteiger partial charge in [0.1, 0.15) is 0 Å². The Balaban J connectivity index is 2.11. The molecular weight excluding hydrogens is 314 g/mol. The van der Waals surface area contributed by atoms with Crippen LogP contribution in [-0.2, 0) is 0 Å². The van der Waals surface area contributed by atoms with E-state index in [4.69, 9.17) is 5.73 Å². The van der Waals surface area contributed by atoms with Crippen molar-refractivity contribution in [3.8, 4) is 0 Å². The van der Waals surface area contributed by atoms with Crippen LogP contribution in [0.3, 0.4) is 0 Å². The van der Waals surface area contributed by atoms with E-state index in [0.717, 1.165) is 35.9 Å². The summed E-state index contributed by atoms with van der Waals surface area (Å²) in [6.45, 7) is 4.41. The Bertz CT molecular complexity index is 612. The van der Waals surface area contributed by atoms with E-state index in [9.17, 15) is 0 Å². The van der Waals surface area contributed by atoms with Crippen LogP contribution in [0.4, 0.5) is 0 Å². The lowest BCUT2D eigenvalue weighted by Gasteiger charge is -2.27. The van der Waals surface area contributed by atoms with Gasteiger partial charge in [-0.15, -0.1) is 0 Å². The van der Waals surface area contributed by atoms with Crippen LogP contribution in [0.1, 0.15) is 31.4 Å². The van der Waals surface area contributed by atoms with E-state index in [1.807, 2.05) is 12.3 Å². The Morgan fingerprint density at radius 3 is 3.05 bits per heavy atom. The van der Waals surface area contributed by atoms with Crippen molar-refractivity contribution >= 4 is 26.8 Å². The maximum atomic E-state index is 6.38. The summed E-state index contributed by atoms with van der Waals surface area (Å²) in [7, 11) is 0. The van der Waals surface area contributed by atoms with Gasteiger partial charge in [0.2, 0.25) is 0 Å². The average molecular weight is 334 g/mol. The molecule has 2 aromatic rings. The fourth-order valence-corrected chi connectivity index (χ4v) is 3.70. The fraction of sp³-hybridized carbons (Fsp3) is 0.438. The second-order valence-corrected chi connectivity index (χ2v) is 6.32. The summed E-state index contributed by atoms with van der Waals surface area (Å²) in [4.78, 5) is 7.11. The monoisotopic (exact) mass is 333 g/mol. The molecule has 1 fully saturated rings. The van der Waals surface area contributed by atoms with E-state index >= 15 is 0 Å². The van der Waals surface area contributed by atoms with Crippen molar-refractivity contribution in [3.63, 3.8) is 0 Å². The van der Waals surface area contributed by atoms with Crippen molar-refractivity contribution in [1.29, 1.82) is 0 Å². The molecular formula is C16H20BrN3. The third-order valence-electron chi connectivity index (χ3n) is 4.13. The molecule has 0 bridgehead atoms. The van der Waals surface area contributed by atoms with Crippen molar-refractivity contribution in [3.05, 3.63) is 40.5 Å². The first-order valence-corrected chi connectivity index (χ1v) is 8.04. The number of rotatable bonds is 3. The highest BCUT2D eigenvalue weighted by atomic mass is 79.9. The maximum Gasteiger partial charge on any atom is 0.0761 e. The molecule has 3 nitrogen and oxygen atoms in total. The Morgan fingerprint density at radius 1 is 1.40 bits per heavy atom. The van der Waals surface area contributed by atoms with Crippen molar-refractivity contribution in [2.45, 2.75) is 31.8 Å². The van der Waals surface area contributed by atoms with Gasteiger partial charge in [-0.2, -0.15) is 0 Å². The van der Waals surface area contributed by atoms with E-state index < -0.39 is 0 Å². The number of benzene rings is 1. The minimum Gasteiger partial charge on any atom is -0.326 e. The van der Waals surface area contributed by atoms with Crippen LogP contribution >= 0.6 is 15.9 Å². The van der Waals surface area contributed by atoms with Gasteiger partial charge in [0.15, 0.2) is 0 Å². The zero-order valence-electron chi connectivity index (χ0n) is 11.7. The van der Waals surface area contributed by atoms with Gasteiger partial charge in [-0.3, -0.25) is 9.88 Å². The molecule has 3 rings (SSSR count). The summed E-state index contributed by atoms with van der Waals surface area (Å²) < 4.78 is 1.10. The molecule has 2 N–H and O–H groups in total. The Labute approximate surface area is 128 Å². The Hall–Kier alpha value is -0.970. The zero-order valence-corrected chi connectivity index (χ0v) is 13.3. The van der Waals surface area contributed by atoms with E-state index in [-0.39, 0.29) is 6.04 Å². The third kappa shape index (κ3) is 2.36. The maximum absolute atomic E-state index is 6.38. The van der Waals surface area contributed by atoms with Crippen molar-refractivity contribution in [2.75, 3.05) is 13.1 Å². The van der Waals surface area contributed by atoms with Crippen molar-refractivity contribution in [2.24, 2.45) is 5.73 Å². The molecule has 1 aromatic heterocycles. The number of hydrogen-bond acceptors (Lipinski definition) is 3. The lowest BCUT2D eigenvalue weighted by molar-refractivity contribution is 0.249. The van der Waals surface area contributed by atoms with Crippen LogP contribution in [0, 0.1) is 0 Å². The molecule has 1 saturated heterocycles. The molecule has 1 aliphatic heterocycles. The number of pyridine rings is 1. The van der Waals surface area contributed by atoms with Gasteiger partial charge in [-0.1, -0.05) is 35.0 Å². The smallest absolute Gasteiger partial charge is 0.0761 e. The van der Waals surface area contributed by atoms with Gasteiger partial charge in [0.25, 0.3) is 0 Å². The summed E-state index contributed by atoms with van der Waals surface area (Å²) in [5.41, 5.74) is 8.72. The zero-order chi connectivity index (χ0) is 14.1. The number of nitrogens with zero attached hydrogens (tertiary/aromatic N) is 2. The average Bonchev–Trinajstić information content (AvgIpc) is 2.82. The second-order valence-electron chi connectivity index (χ2n) is 5.47. The summed E-state index contributed by atoms with van der Waals surface area (Å²) >= 11 is 3.62. The molecule has 2 unspecified atom stereocenters. The van der Waals surface area contributed by atoms with E-state index in [1.165, 1.54) is 10.9 Å². The second kappa shape index (κ2) is 5.80. The molecule has 4 heteroatoms. The number of nitrogens with two attached hydrogens (primary N) is 1. The first-order chi connectivity index (χ1) is 9.72. The predicted molar refractivity (Wildman–Crippen MR) is 86.6 cm³/mol. The first-order valence-electron chi connectivity index (χ1n) is 7.25. The Kier molecular flexibility index (Phi) is 4.06. The van der Waals surface area contributed by atoms with Gasteiger partial charge >= 0.3 is 0 Å². The highest BCUT2D eigenvalue weighted by molar-refractivity contribution is 9.10. The summed E-state index contributed by atoms with van der Waals surface area (Å²) in [6.07, 6.45) is 4.09. The number of fused-ring (bicyclic) bond motifs is 1. The Morgan fingerprint density at radius 2 is 2.25 bits per heavy atom. The molecule has 1 aromatic carbocycles. The van der Waals surface area contributed by atoms with E-state index in [2.05, 4.69) is 50.9 Å². The van der Waals surface area contributed by atoms with Crippen LogP contribution in [0.2, 0.25) is 0 Å². The topological polar surface area (TPSA) is 42.1 Å². The summed E-state index contributed by atoms with van der Waals surface area (Å²) in [6, 6.07) is 8.88. The quantitative estimate of drug-likeness (QED) is 0.934. The van der Waals surface area contributed by atoms with Crippen LogP contribution < -0.4 is 5.73 Å². The molecule has 0 saturated carbocycles. The van der Waals surface area contributed by atoms with Gasteiger partial charge in [-0.05, 0) is 37.1 Å². The third-order valence-corrected chi connectivity index (χ3v) is 4.82. The SMILES string of the molecule is CCCN1CCC(N)C1c1ccc(Br)c2cccnc12. The molecule has 0 spiro atoms. The van der Waals surface area contributed by atoms with Crippen LogP contribution in [0.5, 0.6) is 0 Å². The molecule has 1 aliphatic rings. The van der Waals surface area contributed by atoms with Gasteiger partial charge in [-0.25, -0.2) is 0 Å². The molecule has 0 amide bonds. The van der Waals surface area contributed by atoms with Gasteiger partial charge in [0, 0.05) is 28.6 Å². The first kappa shape index (κ1) is 14.0. The largest absolute Gasteiger partial charge is 0.326 e. The van der Waals surface area contributed by atoms with Crippen molar-refractivity contribution in [1.82, 2.24) is 9.88 Å². The highest BCUT2D eigenvalue weighted by Crippen LogP contribution is 2.36. The van der Waals surface area contributed by atoms with Crippen LogP contribution in [-0.4, -0.2) is 29.0 Å². The van der Waals surface area contributed by atoms with E-state index in [0.29, 0.717) is 6.04 Å². The number of likely N-dealkylation sites (tertiary alicyclic amines) is 1. The minimum absolute atomic E-state index is 0.202. The van der Waals surface area contributed by atoms with Gasteiger partial charge in [0.05, 0.1) is 11.6 Å². The van der Waals surface area contributed by atoms with Gasteiger partial charge < -0.3 is 5.73 Å². The molecule has 0 radical (unpaired) electrons. The molecule has 2 heterocycles. The minimum atomic E-state index is 0.202. The number of aromatic nitrogens is 1. The molecule has 20 heavy (non-hydrogen) atoms. The molecule has 106 valence electrons. The summed E-state index contributed by atoms with van der Waals surface area (Å²) in [5, 5.41) is 1.17. The molecule has 0 aliphatic carbocycles. The normalized spacial score (nSPS) is 23.6. The van der Waals surface area contributed by atoms with E-state index in [1.54, 1.807) is 0 Å². The van der Waals surface area contributed by atoms with Crippen LogP contribution in [0.25, 0.3) is 10.9 Å². The number of hydrogen-bond donors (Lipinski definition) is 1.